The predicted octanol–water partition coefficient (Wildman–Crippen LogP) is 0.898. The standard InChI is InChI=1S/C16H22FN3O3S/c1-24(22,23)20(14-5-2-4-13(17)10-14)12-16(21)19-9-8-18-7-3-6-15(18)11-19/h2,4-5,10,15H,3,6-9,11-12H2,1H3/t15-/m0/s1. The molecule has 2 heterocycles. The number of nitrogens with zero attached hydrogens (tertiary/aromatic N) is 3. The normalized spacial score (nSPS) is 21.6. The number of carbonyl (C=O) groups is 1. The third-order valence-electron chi connectivity index (χ3n) is 4.72. The first-order valence-electron chi connectivity index (χ1n) is 8.10. The second-order valence-corrected chi connectivity index (χ2v) is 8.33. The van der Waals surface area contributed by atoms with E-state index in [0.29, 0.717) is 19.1 Å². The number of anilines is 1. The van der Waals surface area contributed by atoms with Crippen molar-refractivity contribution in [2.75, 3.05) is 43.3 Å². The number of hydrogen-bond acceptors (Lipinski definition) is 4. The fraction of sp³-hybridized carbons (Fsp3) is 0.562. The van der Waals surface area contributed by atoms with Crippen molar-refractivity contribution in [2.45, 2.75) is 18.9 Å². The summed E-state index contributed by atoms with van der Waals surface area (Å²) in [5.74, 6) is -0.774. The van der Waals surface area contributed by atoms with E-state index in [4.69, 9.17) is 0 Å². The maximum absolute atomic E-state index is 13.4. The number of fused-ring (bicyclic) bond motifs is 1. The van der Waals surface area contributed by atoms with Crippen molar-refractivity contribution >= 4 is 21.6 Å². The molecule has 1 amide bonds. The van der Waals surface area contributed by atoms with Crippen molar-refractivity contribution in [3.63, 3.8) is 0 Å². The Bertz CT molecular complexity index is 725. The molecule has 132 valence electrons. The fourth-order valence-electron chi connectivity index (χ4n) is 3.47. The Hall–Kier alpha value is -1.67. The molecule has 0 bridgehead atoms. The second-order valence-electron chi connectivity index (χ2n) is 6.42. The molecule has 1 aromatic carbocycles. The number of rotatable bonds is 4. The molecule has 2 aliphatic rings. The molecule has 6 nitrogen and oxygen atoms in total. The van der Waals surface area contributed by atoms with Gasteiger partial charge in [0.2, 0.25) is 15.9 Å². The Morgan fingerprint density at radius 3 is 2.83 bits per heavy atom. The first kappa shape index (κ1) is 17.2. The van der Waals surface area contributed by atoms with Gasteiger partial charge in [0.25, 0.3) is 0 Å². The highest BCUT2D eigenvalue weighted by Gasteiger charge is 2.33. The van der Waals surface area contributed by atoms with E-state index in [1.165, 1.54) is 18.2 Å². The highest BCUT2D eigenvalue weighted by atomic mass is 32.2. The first-order valence-corrected chi connectivity index (χ1v) is 9.94. The molecule has 0 aliphatic carbocycles. The number of sulfonamides is 1. The Morgan fingerprint density at radius 2 is 2.12 bits per heavy atom. The Kier molecular flexibility index (Phi) is 4.78. The molecule has 24 heavy (non-hydrogen) atoms. The smallest absolute Gasteiger partial charge is 0.243 e. The van der Waals surface area contributed by atoms with Crippen LogP contribution >= 0.6 is 0 Å². The lowest BCUT2D eigenvalue weighted by Crippen LogP contribution is -2.54. The van der Waals surface area contributed by atoms with Crippen LogP contribution < -0.4 is 4.31 Å². The summed E-state index contributed by atoms with van der Waals surface area (Å²) in [7, 11) is -3.68. The van der Waals surface area contributed by atoms with Gasteiger partial charge < -0.3 is 4.90 Å². The molecule has 3 rings (SSSR count). The van der Waals surface area contributed by atoms with E-state index in [1.54, 1.807) is 4.90 Å². The lowest BCUT2D eigenvalue weighted by atomic mass is 10.1. The molecular weight excluding hydrogens is 333 g/mol. The number of halogens is 1. The Labute approximate surface area is 141 Å². The van der Waals surface area contributed by atoms with Gasteiger partial charge in [0.15, 0.2) is 0 Å². The van der Waals surface area contributed by atoms with Crippen molar-refractivity contribution in [1.82, 2.24) is 9.80 Å². The van der Waals surface area contributed by atoms with Crippen LogP contribution in [0.3, 0.4) is 0 Å². The van der Waals surface area contributed by atoms with E-state index < -0.39 is 15.8 Å². The zero-order valence-corrected chi connectivity index (χ0v) is 14.5. The van der Waals surface area contributed by atoms with Gasteiger partial charge in [0, 0.05) is 25.7 Å². The third-order valence-corrected chi connectivity index (χ3v) is 5.86. The van der Waals surface area contributed by atoms with Crippen LogP contribution in [-0.4, -0.2) is 69.1 Å². The van der Waals surface area contributed by atoms with Crippen LogP contribution in [0.15, 0.2) is 24.3 Å². The topological polar surface area (TPSA) is 60.9 Å². The lowest BCUT2D eigenvalue weighted by molar-refractivity contribution is -0.132. The van der Waals surface area contributed by atoms with Crippen molar-refractivity contribution in [3.05, 3.63) is 30.1 Å². The summed E-state index contributed by atoms with van der Waals surface area (Å²) in [4.78, 5) is 16.7. The molecule has 1 atom stereocenters. The number of carbonyl (C=O) groups excluding carboxylic acids is 1. The van der Waals surface area contributed by atoms with Gasteiger partial charge >= 0.3 is 0 Å². The molecule has 2 saturated heterocycles. The first-order chi connectivity index (χ1) is 11.3. The quantitative estimate of drug-likeness (QED) is 0.805. The number of benzene rings is 1. The largest absolute Gasteiger partial charge is 0.338 e. The van der Waals surface area contributed by atoms with Crippen molar-refractivity contribution in [2.24, 2.45) is 0 Å². The summed E-state index contributed by atoms with van der Waals surface area (Å²) >= 11 is 0. The minimum Gasteiger partial charge on any atom is -0.338 e. The summed E-state index contributed by atoms with van der Waals surface area (Å²) in [6.07, 6.45) is 3.25. The number of hydrogen-bond donors (Lipinski definition) is 0. The number of amides is 1. The monoisotopic (exact) mass is 355 g/mol. The maximum Gasteiger partial charge on any atom is 0.243 e. The molecule has 8 heteroatoms. The van der Waals surface area contributed by atoms with E-state index in [1.807, 2.05) is 0 Å². The Morgan fingerprint density at radius 1 is 1.33 bits per heavy atom. The van der Waals surface area contributed by atoms with Crippen molar-refractivity contribution in [1.29, 1.82) is 0 Å². The van der Waals surface area contributed by atoms with Crippen molar-refractivity contribution in [3.8, 4) is 0 Å². The summed E-state index contributed by atoms with van der Waals surface area (Å²) < 4.78 is 38.5. The van der Waals surface area contributed by atoms with Crippen LogP contribution in [0, 0.1) is 5.82 Å². The molecule has 0 saturated carbocycles. The molecule has 0 aromatic heterocycles. The highest BCUT2D eigenvalue weighted by Crippen LogP contribution is 2.23. The zero-order chi connectivity index (χ0) is 17.3. The lowest BCUT2D eigenvalue weighted by Gasteiger charge is -2.38. The number of piperazine rings is 1. The van der Waals surface area contributed by atoms with Gasteiger partial charge in [-0.05, 0) is 37.6 Å². The molecule has 1 aromatic rings. The van der Waals surface area contributed by atoms with Gasteiger partial charge in [-0.3, -0.25) is 14.0 Å². The predicted molar refractivity (Wildman–Crippen MR) is 89.8 cm³/mol. The van der Waals surface area contributed by atoms with Crippen molar-refractivity contribution < 1.29 is 17.6 Å². The van der Waals surface area contributed by atoms with Gasteiger partial charge in [0.1, 0.15) is 12.4 Å². The SMILES string of the molecule is CS(=O)(=O)N(CC(=O)N1CCN2CCC[C@H]2C1)c1cccc(F)c1. The van der Waals surface area contributed by atoms with Gasteiger partial charge in [-0.25, -0.2) is 12.8 Å². The van der Waals surface area contributed by atoms with Crippen LogP contribution in [0.4, 0.5) is 10.1 Å². The van der Waals surface area contributed by atoms with Crippen LogP contribution in [-0.2, 0) is 14.8 Å². The zero-order valence-electron chi connectivity index (χ0n) is 13.7. The van der Waals surface area contributed by atoms with E-state index in [2.05, 4.69) is 4.90 Å². The van der Waals surface area contributed by atoms with E-state index in [0.717, 1.165) is 42.6 Å². The molecule has 0 radical (unpaired) electrons. The third kappa shape index (κ3) is 3.70. The second kappa shape index (κ2) is 6.68. The van der Waals surface area contributed by atoms with Crippen LogP contribution in [0.5, 0.6) is 0 Å². The van der Waals surface area contributed by atoms with Gasteiger partial charge in [-0.2, -0.15) is 0 Å². The van der Waals surface area contributed by atoms with Crippen LogP contribution in [0.1, 0.15) is 12.8 Å². The minimum absolute atomic E-state index is 0.172. The van der Waals surface area contributed by atoms with Crippen LogP contribution in [0.25, 0.3) is 0 Å². The van der Waals surface area contributed by atoms with Gasteiger partial charge in [-0.15, -0.1) is 0 Å². The fourth-order valence-corrected chi connectivity index (χ4v) is 4.31. The molecule has 2 aliphatic heterocycles. The average molecular weight is 355 g/mol. The molecule has 0 spiro atoms. The summed E-state index contributed by atoms with van der Waals surface area (Å²) in [6.45, 7) is 2.85. The molecule has 0 N–H and O–H groups in total. The van der Waals surface area contributed by atoms with Gasteiger partial charge in [-0.1, -0.05) is 6.07 Å². The van der Waals surface area contributed by atoms with Gasteiger partial charge in [0.05, 0.1) is 11.9 Å². The summed E-state index contributed by atoms with van der Waals surface area (Å²) in [6, 6.07) is 5.68. The molecular formula is C16H22FN3O3S. The molecule has 0 unspecified atom stereocenters. The van der Waals surface area contributed by atoms with E-state index in [-0.39, 0.29) is 18.1 Å². The average Bonchev–Trinajstić information content (AvgIpc) is 2.98. The minimum atomic E-state index is -3.68. The Balaban J connectivity index is 1.74. The van der Waals surface area contributed by atoms with E-state index >= 15 is 0 Å². The van der Waals surface area contributed by atoms with Crippen LogP contribution in [0.2, 0.25) is 0 Å². The molecule has 2 fully saturated rings. The van der Waals surface area contributed by atoms with E-state index in [9.17, 15) is 17.6 Å². The summed E-state index contributed by atoms with van der Waals surface area (Å²) in [5, 5.41) is 0. The maximum atomic E-state index is 13.4. The highest BCUT2D eigenvalue weighted by molar-refractivity contribution is 7.92. The summed E-state index contributed by atoms with van der Waals surface area (Å²) in [5.41, 5.74) is 0.172.